The van der Waals surface area contributed by atoms with Crippen LogP contribution in [0.4, 0.5) is 4.39 Å². The molecule has 0 saturated heterocycles. The predicted molar refractivity (Wildman–Crippen MR) is 103 cm³/mol. The van der Waals surface area contributed by atoms with Gasteiger partial charge in [-0.25, -0.2) is 19.3 Å². The molecule has 0 saturated carbocycles. The van der Waals surface area contributed by atoms with Crippen molar-refractivity contribution in [2.75, 3.05) is 0 Å². The molecule has 0 aliphatic carbocycles. The van der Waals surface area contributed by atoms with Crippen molar-refractivity contribution in [3.8, 4) is 5.95 Å². The molecule has 0 radical (unpaired) electrons. The highest BCUT2D eigenvalue weighted by atomic mass is 19.1. The first-order valence-electron chi connectivity index (χ1n) is 8.90. The molecular formula is C20H16FN7. The summed E-state index contributed by atoms with van der Waals surface area (Å²) >= 11 is 0. The van der Waals surface area contributed by atoms with Crippen molar-refractivity contribution < 1.29 is 4.39 Å². The second kappa shape index (κ2) is 6.49. The maximum Gasteiger partial charge on any atom is 0.237 e. The molecule has 138 valence electrons. The van der Waals surface area contributed by atoms with E-state index in [0.717, 1.165) is 28.7 Å². The van der Waals surface area contributed by atoms with Crippen LogP contribution in [0.5, 0.6) is 0 Å². The van der Waals surface area contributed by atoms with E-state index in [0.29, 0.717) is 11.5 Å². The van der Waals surface area contributed by atoms with Gasteiger partial charge in [0.2, 0.25) is 5.95 Å². The molecule has 0 fully saturated rings. The number of hydrogen-bond donors (Lipinski definition) is 0. The fourth-order valence-electron chi connectivity index (χ4n) is 3.36. The van der Waals surface area contributed by atoms with Gasteiger partial charge in [0.1, 0.15) is 17.7 Å². The summed E-state index contributed by atoms with van der Waals surface area (Å²) in [6.45, 7) is 2.12. The first-order chi connectivity index (χ1) is 13.7. The number of halogens is 1. The Labute approximate surface area is 159 Å². The highest BCUT2D eigenvalue weighted by Gasteiger charge is 2.15. The highest BCUT2D eigenvalue weighted by molar-refractivity contribution is 5.77. The van der Waals surface area contributed by atoms with Gasteiger partial charge >= 0.3 is 0 Å². The Balaban J connectivity index is 1.56. The van der Waals surface area contributed by atoms with Gasteiger partial charge in [-0.1, -0.05) is 6.07 Å². The van der Waals surface area contributed by atoms with Gasteiger partial charge in [0, 0.05) is 24.5 Å². The lowest BCUT2D eigenvalue weighted by Crippen LogP contribution is -2.09. The predicted octanol–water partition coefficient (Wildman–Crippen LogP) is 3.50. The number of fused-ring (bicyclic) bond motifs is 2. The number of aromatic nitrogens is 7. The highest BCUT2D eigenvalue weighted by Crippen LogP contribution is 2.21. The molecule has 0 amide bonds. The van der Waals surface area contributed by atoms with E-state index in [2.05, 4.69) is 32.9 Å². The second-order valence-corrected chi connectivity index (χ2v) is 6.69. The van der Waals surface area contributed by atoms with E-state index >= 15 is 0 Å². The Morgan fingerprint density at radius 3 is 2.79 bits per heavy atom. The zero-order valence-electron chi connectivity index (χ0n) is 15.1. The zero-order chi connectivity index (χ0) is 19.1. The largest absolute Gasteiger partial charge is 0.312 e. The Kier molecular flexibility index (Phi) is 3.82. The molecular weight excluding hydrogens is 357 g/mol. The SMILES string of the molecule is CC(Cc1cccnc1)n1cnc2cnc(-n3cnc4cc(F)ccc43)nc21. The van der Waals surface area contributed by atoms with E-state index in [1.165, 1.54) is 12.1 Å². The van der Waals surface area contributed by atoms with Crippen molar-refractivity contribution in [1.82, 2.24) is 34.1 Å². The molecule has 0 bridgehead atoms. The van der Waals surface area contributed by atoms with Crippen molar-refractivity contribution in [2.24, 2.45) is 0 Å². The summed E-state index contributed by atoms with van der Waals surface area (Å²) in [6.07, 6.45) is 9.53. The minimum Gasteiger partial charge on any atom is -0.312 e. The lowest BCUT2D eigenvalue weighted by atomic mass is 10.1. The smallest absolute Gasteiger partial charge is 0.237 e. The Morgan fingerprint density at radius 1 is 1.04 bits per heavy atom. The second-order valence-electron chi connectivity index (χ2n) is 6.69. The molecule has 1 aromatic carbocycles. The summed E-state index contributed by atoms with van der Waals surface area (Å²) in [7, 11) is 0. The molecule has 5 aromatic rings. The molecule has 7 nitrogen and oxygen atoms in total. The van der Waals surface area contributed by atoms with Crippen molar-refractivity contribution in [3.05, 3.63) is 73.0 Å². The van der Waals surface area contributed by atoms with Crippen molar-refractivity contribution in [1.29, 1.82) is 0 Å². The monoisotopic (exact) mass is 373 g/mol. The van der Waals surface area contributed by atoms with Crippen molar-refractivity contribution >= 4 is 22.2 Å². The first kappa shape index (κ1) is 16.5. The summed E-state index contributed by atoms with van der Waals surface area (Å²) in [5.41, 5.74) is 3.91. The van der Waals surface area contributed by atoms with Crippen LogP contribution in [0, 0.1) is 5.82 Å². The van der Waals surface area contributed by atoms with Crippen LogP contribution >= 0.6 is 0 Å². The van der Waals surface area contributed by atoms with Crippen LogP contribution in [0.1, 0.15) is 18.5 Å². The number of hydrogen-bond acceptors (Lipinski definition) is 5. The van der Waals surface area contributed by atoms with Crippen LogP contribution in [-0.4, -0.2) is 34.1 Å². The molecule has 0 aliphatic heterocycles. The minimum atomic E-state index is -0.323. The third-order valence-corrected chi connectivity index (χ3v) is 4.76. The average Bonchev–Trinajstić information content (AvgIpc) is 3.31. The quantitative estimate of drug-likeness (QED) is 0.482. The van der Waals surface area contributed by atoms with Gasteiger partial charge in [-0.3, -0.25) is 9.55 Å². The molecule has 4 aromatic heterocycles. The summed E-state index contributed by atoms with van der Waals surface area (Å²) in [5.74, 6) is 0.147. The Bertz CT molecular complexity index is 1280. The molecule has 0 aliphatic rings. The van der Waals surface area contributed by atoms with Crippen LogP contribution < -0.4 is 0 Å². The van der Waals surface area contributed by atoms with Gasteiger partial charge in [0.15, 0.2) is 5.65 Å². The van der Waals surface area contributed by atoms with Crippen LogP contribution in [0.15, 0.2) is 61.6 Å². The maximum absolute atomic E-state index is 13.4. The lowest BCUT2D eigenvalue weighted by Gasteiger charge is -2.14. The van der Waals surface area contributed by atoms with Crippen LogP contribution in [0.25, 0.3) is 28.1 Å². The fourth-order valence-corrected chi connectivity index (χ4v) is 3.36. The van der Waals surface area contributed by atoms with Gasteiger partial charge in [-0.2, -0.15) is 4.98 Å². The summed E-state index contributed by atoms with van der Waals surface area (Å²) in [5, 5.41) is 0. The molecule has 1 unspecified atom stereocenters. The average molecular weight is 373 g/mol. The molecule has 4 heterocycles. The van der Waals surface area contributed by atoms with Crippen LogP contribution in [-0.2, 0) is 6.42 Å². The molecule has 8 heteroatoms. The van der Waals surface area contributed by atoms with Gasteiger partial charge in [-0.15, -0.1) is 0 Å². The molecule has 0 N–H and O–H groups in total. The normalized spacial score (nSPS) is 12.6. The summed E-state index contributed by atoms with van der Waals surface area (Å²) in [6, 6.07) is 8.60. The Hall–Kier alpha value is -3.68. The van der Waals surface area contributed by atoms with Crippen LogP contribution in [0.3, 0.4) is 0 Å². The number of imidazole rings is 2. The van der Waals surface area contributed by atoms with E-state index in [4.69, 9.17) is 4.98 Å². The maximum atomic E-state index is 13.4. The number of nitrogens with zero attached hydrogens (tertiary/aromatic N) is 7. The van der Waals surface area contributed by atoms with E-state index in [9.17, 15) is 4.39 Å². The lowest BCUT2D eigenvalue weighted by molar-refractivity contribution is 0.554. The third kappa shape index (κ3) is 2.79. The minimum absolute atomic E-state index is 0.144. The topological polar surface area (TPSA) is 74.3 Å². The van der Waals surface area contributed by atoms with Gasteiger partial charge in [-0.05, 0) is 37.1 Å². The van der Waals surface area contributed by atoms with E-state index in [-0.39, 0.29) is 11.9 Å². The third-order valence-electron chi connectivity index (χ3n) is 4.76. The molecule has 1 atom stereocenters. The molecule has 5 rings (SSSR count). The first-order valence-corrected chi connectivity index (χ1v) is 8.90. The summed E-state index contributed by atoms with van der Waals surface area (Å²) < 4.78 is 17.2. The van der Waals surface area contributed by atoms with Crippen molar-refractivity contribution in [2.45, 2.75) is 19.4 Å². The van der Waals surface area contributed by atoms with E-state index < -0.39 is 0 Å². The van der Waals surface area contributed by atoms with Gasteiger partial charge in [0.05, 0.1) is 23.6 Å². The zero-order valence-corrected chi connectivity index (χ0v) is 15.1. The molecule has 0 spiro atoms. The number of pyridine rings is 1. The fraction of sp³-hybridized carbons (Fsp3) is 0.150. The van der Waals surface area contributed by atoms with E-state index in [1.54, 1.807) is 35.7 Å². The molecule has 28 heavy (non-hydrogen) atoms. The number of rotatable bonds is 4. The van der Waals surface area contributed by atoms with Gasteiger partial charge in [0.25, 0.3) is 0 Å². The standard InChI is InChI=1S/C20H16FN7/c1-13(7-14-3-2-6-22-9-14)27-11-25-17-10-23-20(26-19(17)27)28-12-24-16-8-15(21)4-5-18(16)28/h2-6,8-13H,7H2,1H3. The van der Waals surface area contributed by atoms with Gasteiger partial charge < -0.3 is 4.57 Å². The number of benzene rings is 1. The van der Waals surface area contributed by atoms with Crippen molar-refractivity contribution in [3.63, 3.8) is 0 Å². The Morgan fingerprint density at radius 2 is 1.93 bits per heavy atom. The summed E-state index contributed by atoms with van der Waals surface area (Å²) in [4.78, 5) is 22.0. The van der Waals surface area contributed by atoms with E-state index in [1.807, 2.05) is 16.8 Å². The van der Waals surface area contributed by atoms with Crippen LogP contribution in [0.2, 0.25) is 0 Å².